The van der Waals surface area contributed by atoms with Gasteiger partial charge in [0.05, 0.1) is 12.8 Å². The standard InChI is InChI=1S/C13H18N2O2.ClH/c1-13(2,12(16)17-3)10-7-6-9-5-4-8-14-11(9)15-10;/h6-7H,4-5,8H2,1-3H3,(H,14,15);1H. The summed E-state index contributed by atoms with van der Waals surface area (Å²) in [6.45, 7) is 4.61. The fourth-order valence-corrected chi connectivity index (χ4v) is 2.04. The van der Waals surface area contributed by atoms with Gasteiger partial charge < -0.3 is 10.1 Å². The average Bonchev–Trinajstić information content (AvgIpc) is 2.37. The van der Waals surface area contributed by atoms with E-state index in [0.717, 1.165) is 30.9 Å². The lowest BCUT2D eigenvalue weighted by Crippen LogP contribution is -2.31. The number of carbonyl (C=O) groups is 1. The Labute approximate surface area is 114 Å². The number of nitrogens with zero attached hydrogens (tertiary/aromatic N) is 1. The first-order valence-corrected chi connectivity index (χ1v) is 5.88. The number of aryl methyl sites for hydroxylation is 1. The highest BCUT2D eigenvalue weighted by atomic mass is 35.5. The van der Waals surface area contributed by atoms with Crippen LogP contribution in [0.3, 0.4) is 0 Å². The molecule has 0 bridgehead atoms. The number of hydrogen-bond acceptors (Lipinski definition) is 4. The van der Waals surface area contributed by atoms with Gasteiger partial charge in [0.15, 0.2) is 0 Å². The number of halogens is 1. The van der Waals surface area contributed by atoms with Crippen LogP contribution in [0, 0.1) is 0 Å². The van der Waals surface area contributed by atoms with Gasteiger partial charge in [0.1, 0.15) is 11.2 Å². The molecule has 1 aromatic rings. The third-order valence-corrected chi connectivity index (χ3v) is 3.23. The van der Waals surface area contributed by atoms with Crippen LogP contribution in [-0.4, -0.2) is 24.6 Å². The normalized spacial score (nSPS) is 13.9. The van der Waals surface area contributed by atoms with Gasteiger partial charge in [0.2, 0.25) is 0 Å². The molecule has 5 heteroatoms. The van der Waals surface area contributed by atoms with Gasteiger partial charge in [-0.05, 0) is 38.3 Å². The van der Waals surface area contributed by atoms with E-state index in [1.54, 1.807) is 0 Å². The van der Waals surface area contributed by atoms with Gasteiger partial charge in [-0.25, -0.2) is 4.98 Å². The Bertz CT molecular complexity index is 447. The summed E-state index contributed by atoms with van der Waals surface area (Å²) in [6, 6.07) is 3.97. The van der Waals surface area contributed by atoms with Crippen molar-refractivity contribution in [3.63, 3.8) is 0 Å². The molecule has 0 fully saturated rings. The van der Waals surface area contributed by atoms with Gasteiger partial charge in [-0.3, -0.25) is 4.79 Å². The SMILES string of the molecule is COC(=O)C(C)(C)c1ccc2c(n1)NCCC2.Cl. The lowest BCUT2D eigenvalue weighted by Gasteiger charge is -2.24. The van der Waals surface area contributed by atoms with Gasteiger partial charge in [-0.1, -0.05) is 6.07 Å². The maximum atomic E-state index is 11.7. The van der Waals surface area contributed by atoms with Crippen molar-refractivity contribution in [2.75, 3.05) is 19.0 Å². The number of esters is 1. The highest BCUT2D eigenvalue weighted by Gasteiger charge is 2.33. The van der Waals surface area contributed by atoms with E-state index < -0.39 is 5.41 Å². The fourth-order valence-electron chi connectivity index (χ4n) is 2.04. The number of aromatic nitrogens is 1. The maximum absolute atomic E-state index is 11.7. The smallest absolute Gasteiger partial charge is 0.317 e. The van der Waals surface area contributed by atoms with Crippen molar-refractivity contribution in [2.24, 2.45) is 0 Å². The zero-order valence-electron chi connectivity index (χ0n) is 10.9. The molecule has 2 heterocycles. The van der Waals surface area contributed by atoms with Gasteiger partial charge in [0.25, 0.3) is 0 Å². The zero-order valence-corrected chi connectivity index (χ0v) is 11.8. The van der Waals surface area contributed by atoms with E-state index in [1.807, 2.05) is 19.9 Å². The van der Waals surface area contributed by atoms with E-state index in [9.17, 15) is 4.79 Å². The molecule has 2 rings (SSSR count). The van der Waals surface area contributed by atoms with Crippen LogP contribution < -0.4 is 5.32 Å². The van der Waals surface area contributed by atoms with Crippen molar-refractivity contribution in [1.29, 1.82) is 0 Å². The van der Waals surface area contributed by atoms with Crippen molar-refractivity contribution < 1.29 is 9.53 Å². The molecule has 1 aliphatic heterocycles. The zero-order chi connectivity index (χ0) is 12.5. The Kier molecular flexibility index (Phi) is 4.57. The molecule has 18 heavy (non-hydrogen) atoms. The molecule has 0 amide bonds. The summed E-state index contributed by atoms with van der Waals surface area (Å²) in [6.07, 6.45) is 2.18. The Morgan fingerprint density at radius 2 is 2.17 bits per heavy atom. The number of anilines is 1. The topological polar surface area (TPSA) is 51.2 Å². The largest absolute Gasteiger partial charge is 0.468 e. The van der Waals surface area contributed by atoms with Crippen molar-refractivity contribution in [3.8, 4) is 0 Å². The van der Waals surface area contributed by atoms with E-state index in [1.165, 1.54) is 12.7 Å². The van der Waals surface area contributed by atoms with Crippen LogP contribution in [0.15, 0.2) is 12.1 Å². The Hall–Kier alpha value is -1.29. The van der Waals surface area contributed by atoms with Crippen molar-refractivity contribution >= 4 is 24.2 Å². The van der Waals surface area contributed by atoms with Crippen molar-refractivity contribution in [2.45, 2.75) is 32.1 Å². The highest BCUT2D eigenvalue weighted by molar-refractivity contribution is 5.85. The van der Waals surface area contributed by atoms with E-state index in [-0.39, 0.29) is 18.4 Å². The minimum atomic E-state index is -0.705. The molecular weight excluding hydrogens is 252 g/mol. The molecule has 0 saturated heterocycles. The van der Waals surface area contributed by atoms with Crippen LogP contribution in [-0.2, 0) is 21.4 Å². The summed E-state index contributed by atoms with van der Waals surface area (Å²) in [5.41, 5.74) is 1.27. The molecule has 1 aliphatic rings. The molecule has 1 N–H and O–H groups in total. The Morgan fingerprint density at radius 3 is 2.83 bits per heavy atom. The lowest BCUT2D eigenvalue weighted by atomic mass is 9.88. The maximum Gasteiger partial charge on any atom is 0.317 e. The van der Waals surface area contributed by atoms with Crippen LogP contribution in [0.1, 0.15) is 31.5 Å². The monoisotopic (exact) mass is 270 g/mol. The van der Waals surface area contributed by atoms with E-state index >= 15 is 0 Å². The molecular formula is C13H19ClN2O2. The summed E-state index contributed by atoms with van der Waals surface area (Å²) >= 11 is 0. The van der Waals surface area contributed by atoms with Gasteiger partial charge >= 0.3 is 5.97 Å². The highest BCUT2D eigenvalue weighted by Crippen LogP contribution is 2.27. The second-order valence-electron chi connectivity index (χ2n) is 4.85. The molecule has 0 aromatic carbocycles. The number of methoxy groups -OCH3 is 1. The quantitative estimate of drug-likeness (QED) is 0.838. The van der Waals surface area contributed by atoms with Gasteiger partial charge in [-0.15, -0.1) is 12.4 Å². The van der Waals surface area contributed by atoms with Crippen molar-refractivity contribution in [1.82, 2.24) is 4.98 Å². The second kappa shape index (κ2) is 5.57. The second-order valence-corrected chi connectivity index (χ2v) is 4.85. The number of pyridine rings is 1. The first-order chi connectivity index (χ1) is 8.05. The summed E-state index contributed by atoms with van der Waals surface area (Å²) in [4.78, 5) is 16.3. The Morgan fingerprint density at radius 1 is 1.44 bits per heavy atom. The van der Waals surface area contributed by atoms with Crippen LogP contribution in [0.25, 0.3) is 0 Å². The molecule has 0 aliphatic carbocycles. The first-order valence-electron chi connectivity index (χ1n) is 5.88. The van der Waals surface area contributed by atoms with E-state index in [0.29, 0.717) is 0 Å². The predicted molar refractivity (Wildman–Crippen MR) is 73.3 cm³/mol. The minimum Gasteiger partial charge on any atom is -0.468 e. The van der Waals surface area contributed by atoms with Crippen LogP contribution in [0.2, 0.25) is 0 Å². The predicted octanol–water partition coefficient (Wildman–Crippen LogP) is 2.31. The van der Waals surface area contributed by atoms with E-state index in [2.05, 4.69) is 16.4 Å². The van der Waals surface area contributed by atoms with Crippen LogP contribution >= 0.6 is 12.4 Å². The number of nitrogens with one attached hydrogen (secondary N) is 1. The molecule has 0 unspecified atom stereocenters. The molecule has 0 spiro atoms. The molecule has 1 aromatic heterocycles. The number of rotatable bonds is 2. The molecule has 0 atom stereocenters. The Balaban J connectivity index is 0.00000162. The molecule has 0 radical (unpaired) electrons. The van der Waals surface area contributed by atoms with Crippen molar-refractivity contribution in [3.05, 3.63) is 23.4 Å². The third kappa shape index (κ3) is 2.58. The third-order valence-electron chi connectivity index (χ3n) is 3.23. The lowest BCUT2D eigenvalue weighted by molar-refractivity contribution is -0.146. The summed E-state index contributed by atoms with van der Waals surface area (Å²) in [5.74, 6) is 0.645. The summed E-state index contributed by atoms with van der Waals surface area (Å²) in [5, 5.41) is 3.27. The van der Waals surface area contributed by atoms with E-state index in [4.69, 9.17) is 4.74 Å². The average molecular weight is 271 g/mol. The molecule has 4 nitrogen and oxygen atoms in total. The minimum absolute atomic E-state index is 0. The summed E-state index contributed by atoms with van der Waals surface area (Å²) in [7, 11) is 1.40. The molecule has 100 valence electrons. The number of carbonyl (C=O) groups excluding carboxylic acids is 1. The van der Waals surface area contributed by atoms with Gasteiger partial charge in [0, 0.05) is 6.54 Å². The molecule has 0 saturated carbocycles. The number of hydrogen-bond donors (Lipinski definition) is 1. The first kappa shape index (κ1) is 14.8. The van der Waals surface area contributed by atoms with Gasteiger partial charge in [-0.2, -0.15) is 0 Å². The number of ether oxygens (including phenoxy) is 1. The van der Waals surface area contributed by atoms with Crippen LogP contribution in [0.4, 0.5) is 5.82 Å². The van der Waals surface area contributed by atoms with Crippen LogP contribution in [0.5, 0.6) is 0 Å². The summed E-state index contributed by atoms with van der Waals surface area (Å²) < 4.78 is 4.81. The fraction of sp³-hybridized carbons (Fsp3) is 0.538. The number of fused-ring (bicyclic) bond motifs is 1.